The highest BCUT2D eigenvalue weighted by molar-refractivity contribution is 6.32. The number of benzene rings is 1. The molecule has 0 saturated carbocycles. The number of carbonyl (C=O) groups excluding carboxylic acids is 3. The van der Waals surface area contributed by atoms with Gasteiger partial charge in [-0.15, -0.1) is 0 Å². The zero-order valence-corrected chi connectivity index (χ0v) is 12.6. The van der Waals surface area contributed by atoms with Gasteiger partial charge in [-0.1, -0.05) is 11.6 Å². The normalized spacial score (nSPS) is 17.9. The molecule has 6 nitrogen and oxygen atoms in total. The van der Waals surface area contributed by atoms with E-state index in [1.807, 2.05) is 0 Å². The second-order valence-electron chi connectivity index (χ2n) is 5.20. The van der Waals surface area contributed by atoms with Crippen molar-refractivity contribution >= 4 is 29.3 Å². The van der Waals surface area contributed by atoms with E-state index in [1.165, 1.54) is 6.07 Å². The molecule has 1 aromatic carbocycles. The van der Waals surface area contributed by atoms with Crippen LogP contribution in [0.15, 0.2) is 18.2 Å². The Morgan fingerprint density at radius 3 is 2.55 bits per heavy atom. The van der Waals surface area contributed by atoms with Gasteiger partial charge in [0.2, 0.25) is 5.91 Å². The Morgan fingerprint density at radius 2 is 1.82 bits per heavy atom. The van der Waals surface area contributed by atoms with Crippen molar-refractivity contribution in [2.24, 2.45) is 0 Å². The fourth-order valence-electron chi connectivity index (χ4n) is 2.64. The predicted octanol–water partition coefficient (Wildman–Crippen LogP) is 1.18. The molecule has 0 atom stereocenters. The third-order valence-electron chi connectivity index (χ3n) is 3.85. The fraction of sp³-hybridized carbons (Fsp3) is 0.400. The van der Waals surface area contributed by atoms with E-state index >= 15 is 0 Å². The first kappa shape index (κ1) is 15.0. The summed E-state index contributed by atoms with van der Waals surface area (Å²) in [5, 5.41) is 0.408. The summed E-state index contributed by atoms with van der Waals surface area (Å²) in [5.74, 6) is -0.832. The van der Waals surface area contributed by atoms with Crippen molar-refractivity contribution in [3.05, 3.63) is 34.3 Å². The number of ether oxygens (including phenoxy) is 1. The molecule has 0 bridgehead atoms. The molecular formula is C15H15ClN2O4. The van der Waals surface area contributed by atoms with Gasteiger partial charge in [0.1, 0.15) is 0 Å². The van der Waals surface area contributed by atoms with Gasteiger partial charge in [-0.05, 0) is 18.2 Å². The highest BCUT2D eigenvalue weighted by Crippen LogP contribution is 2.25. The van der Waals surface area contributed by atoms with E-state index in [0.717, 1.165) is 4.90 Å². The second kappa shape index (κ2) is 6.06. The quantitative estimate of drug-likeness (QED) is 0.784. The molecule has 2 aliphatic heterocycles. The molecule has 0 aromatic heterocycles. The number of amides is 3. The fourth-order valence-corrected chi connectivity index (χ4v) is 2.82. The maximum Gasteiger partial charge on any atom is 0.261 e. The van der Waals surface area contributed by atoms with Crippen molar-refractivity contribution in [2.45, 2.75) is 6.42 Å². The molecule has 116 valence electrons. The maximum atomic E-state index is 12.2. The summed E-state index contributed by atoms with van der Waals surface area (Å²) in [6, 6.07) is 4.61. The van der Waals surface area contributed by atoms with Crippen LogP contribution in [0.3, 0.4) is 0 Å². The predicted molar refractivity (Wildman–Crippen MR) is 78.8 cm³/mol. The van der Waals surface area contributed by atoms with Crippen LogP contribution >= 0.6 is 11.6 Å². The SMILES string of the molecule is O=C(CCN1C(=O)c2ccc(Cl)cc2C1=O)N1CCOCC1. The summed E-state index contributed by atoms with van der Waals surface area (Å²) in [6.07, 6.45) is 0.124. The van der Waals surface area contributed by atoms with Crippen LogP contribution in [0.5, 0.6) is 0 Å². The molecule has 22 heavy (non-hydrogen) atoms. The Kier molecular flexibility index (Phi) is 4.13. The molecule has 0 aliphatic carbocycles. The van der Waals surface area contributed by atoms with Gasteiger partial charge in [0.05, 0.1) is 24.3 Å². The van der Waals surface area contributed by atoms with Gasteiger partial charge >= 0.3 is 0 Å². The standard InChI is InChI=1S/C15H15ClN2O4/c16-10-1-2-11-12(9-10)15(21)18(14(11)20)4-3-13(19)17-5-7-22-8-6-17/h1-2,9H,3-8H2. The molecule has 3 rings (SSSR count). The van der Waals surface area contributed by atoms with Crippen molar-refractivity contribution in [1.29, 1.82) is 0 Å². The number of nitrogens with zero attached hydrogens (tertiary/aromatic N) is 2. The number of halogens is 1. The van der Waals surface area contributed by atoms with Gasteiger partial charge in [-0.25, -0.2) is 0 Å². The molecule has 1 fully saturated rings. The van der Waals surface area contributed by atoms with Crippen molar-refractivity contribution in [2.75, 3.05) is 32.8 Å². The lowest BCUT2D eigenvalue weighted by atomic mass is 10.1. The molecule has 3 amide bonds. The highest BCUT2D eigenvalue weighted by Gasteiger charge is 2.35. The first-order valence-corrected chi connectivity index (χ1v) is 7.47. The summed E-state index contributed by atoms with van der Waals surface area (Å²) in [7, 11) is 0. The molecule has 7 heteroatoms. The van der Waals surface area contributed by atoms with E-state index in [2.05, 4.69) is 0 Å². The first-order valence-electron chi connectivity index (χ1n) is 7.09. The van der Waals surface area contributed by atoms with Crippen molar-refractivity contribution in [1.82, 2.24) is 9.80 Å². The van der Waals surface area contributed by atoms with Crippen LogP contribution in [0.4, 0.5) is 0 Å². The summed E-state index contributed by atoms with van der Waals surface area (Å²) in [6.45, 7) is 2.24. The lowest BCUT2D eigenvalue weighted by Gasteiger charge is -2.27. The second-order valence-corrected chi connectivity index (χ2v) is 5.63. The molecule has 0 unspecified atom stereocenters. The largest absolute Gasteiger partial charge is 0.378 e. The molecule has 1 aromatic rings. The minimum absolute atomic E-state index is 0.0714. The third-order valence-corrected chi connectivity index (χ3v) is 4.08. The summed E-state index contributed by atoms with van der Waals surface area (Å²) in [5.41, 5.74) is 0.643. The number of fused-ring (bicyclic) bond motifs is 1. The number of hydrogen-bond acceptors (Lipinski definition) is 4. The van der Waals surface area contributed by atoms with E-state index in [1.54, 1.807) is 17.0 Å². The number of hydrogen-bond donors (Lipinski definition) is 0. The van der Waals surface area contributed by atoms with Crippen molar-refractivity contribution < 1.29 is 19.1 Å². The Labute approximate surface area is 132 Å². The molecule has 2 heterocycles. The van der Waals surface area contributed by atoms with Gasteiger partial charge in [0, 0.05) is 31.1 Å². The smallest absolute Gasteiger partial charge is 0.261 e. The van der Waals surface area contributed by atoms with Crippen LogP contribution < -0.4 is 0 Å². The van der Waals surface area contributed by atoms with Gasteiger partial charge in [0.25, 0.3) is 11.8 Å². The molecular weight excluding hydrogens is 308 g/mol. The lowest BCUT2D eigenvalue weighted by molar-refractivity contribution is -0.135. The molecule has 1 saturated heterocycles. The number of carbonyl (C=O) groups is 3. The molecule has 2 aliphatic rings. The number of morpholine rings is 1. The monoisotopic (exact) mass is 322 g/mol. The average molecular weight is 323 g/mol. The van der Waals surface area contributed by atoms with Crippen LogP contribution in [0.1, 0.15) is 27.1 Å². The van der Waals surface area contributed by atoms with Crippen molar-refractivity contribution in [3.63, 3.8) is 0 Å². The minimum Gasteiger partial charge on any atom is -0.378 e. The van der Waals surface area contributed by atoms with Gasteiger partial charge < -0.3 is 9.64 Å². The van der Waals surface area contributed by atoms with E-state index in [9.17, 15) is 14.4 Å². The van der Waals surface area contributed by atoms with Crippen LogP contribution in [0, 0.1) is 0 Å². The van der Waals surface area contributed by atoms with E-state index in [-0.39, 0.29) is 24.8 Å². The minimum atomic E-state index is -0.391. The van der Waals surface area contributed by atoms with Crippen LogP contribution in [0.25, 0.3) is 0 Å². The first-order chi connectivity index (χ1) is 10.6. The van der Waals surface area contributed by atoms with Gasteiger partial charge in [0.15, 0.2) is 0 Å². The lowest BCUT2D eigenvalue weighted by Crippen LogP contribution is -2.42. The summed E-state index contributed by atoms with van der Waals surface area (Å²) in [4.78, 5) is 39.4. The van der Waals surface area contributed by atoms with E-state index in [4.69, 9.17) is 16.3 Å². The zero-order valence-electron chi connectivity index (χ0n) is 11.9. The van der Waals surface area contributed by atoms with Crippen LogP contribution in [0.2, 0.25) is 5.02 Å². The highest BCUT2D eigenvalue weighted by atomic mass is 35.5. The topological polar surface area (TPSA) is 66.9 Å². The van der Waals surface area contributed by atoms with Gasteiger partial charge in [-0.3, -0.25) is 19.3 Å². The number of rotatable bonds is 3. The Morgan fingerprint density at radius 1 is 1.14 bits per heavy atom. The summed E-state index contributed by atoms with van der Waals surface area (Å²) >= 11 is 5.86. The molecule has 0 N–H and O–H groups in total. The third kappa shape index (κ3) is 2.71. The van der Waals surface area contributed by atoms with E-state index in [0.29, 0.717) is 42.5 Å². The Bertz CT molecular complexity index is 640. The average Bonchev–Trinajstić information content (AvgIpc) is 2.77. The van der Waals surface area contributed by atoms with Crippen LogP contribution in [-0.4, -0.2) is 60.4 Å². The van der Waals surface area contributed by atoms with E-state index < -0.39 is 5.91 Å². The molecule has 0 radical (unpaired) electrons. The molecule has 0 spiro atoms. The maximum absolute atomic E-state index is 12.2. The van der Waals surface area contributed by atoms with Gasteiger partial charge in [-0.2, -0.15) is 0 Å². The zero-order chi connectivity index (χ0) is 15.7. The Balaban J connectivity index is 1.65. The van der Waals surface area contributed by atoms with Crippen LogP contribution in [-0.2, 0) is 9.53 Å². The number of imide groups is 1. The van der Waals surface area contributed by atoms with Crippen molar-refractivity contribution in [3.8, 4) is 0 Å². The Hall–Kier alpha value is -1.92. The summed E-state index contributed by atoms with van der Waals surface area (Å²) < 4.78 is 5.19.